The van der Waals surface area contributed by atoms with Crippen molar-refractivity contribution in [1.82, 2.24) is 0 Å². The first-order chi connectivity index (χ1) is 6.30. The van der Waals surface area contributed by atoms with Crippen LogP contribution in [0, 0.1) is 0 Å². The zero-order valence-electron chi connectivity index (χ0n) is 7.05. The van der Waals surface area contributed by atoms with Crippen molar-refractivity contribution in [3.63, 3.8) is 0 Å². The maximum Gasteiger partial charge on any atom is 0.169 e. The van der Waals surface area contributed by atoms with E-state index in [1.165, 1.54) is 18.5 Å². The van der Waals surface area contributed by atoms with Gasteiger partial charge in [0.05, 0.1) is 6.54 Å². The molecule has 0 aliphatic carbocycles. The van der Waals surface area contributed by atoms with E-state index >= 15 is 0 Å². The van der Waals surface area contributed by atoms with Crippen LogP contribution in [-0.2, 0) is 4.74 Å². The quantitative estimate of drug-likeness (QED) is 0.590. The molecular formula is C9H11NO3. The third-order valence-electron chi connectivity index (χ3n) is 1.37. The molecule has 0 saturated heterocycles. The molecular weight excluding hydrogens is 170 g/mol. The number of aromatic hydroxyl groups is 2. The van der Waals surface area contributed by atoms with E-state index in [2.05, 4.69) is 9.73 Å². The van der Waals surface area contributed by atoms with Gasteiger partial charge in [0.15, 0.2) is 17.9 Å². The van der Waals surface area contributed by atoms with Crippen molar-refractivity contribution in [1.29, 1.82) is 0 Å². The maximum absolute atomic E-state index is 8.67. The van der Waals surface area contributed by atoms with Crippen LogP contribution in [0.1, 0.15) is 0 Å². The average molecular weight is 181 g/mol. The van der Waals surface area contributed by atoms with E-state index in [9.17, 15) is 0 Å². The van der Waals surface area contributed by atoms with Crippen molar-refractivity contribution in [2.45, 2.75) is 0 Å². The molecule has 4 heteroatoms. The minimum Gasteiger partial charge on any atom is -0.504 e. The van der Waals surface area contributed by atoms with E-state index in [0.29, 0.717) is 0 Å². The summed E-state index contributed by atoms with van der Waals surface area (Å²) in [7, 11) is 0. The van der Waals surface area contributed by atoms with E-state index in [4.69, 9.17) is 10.2 Å². The molecule has 0 atom stereocenters. The summed E-state index contributed by atoms with van der Waals surface area (Å²) >= 11 is 0. The first-order valence-electron chi connectivity index (χ1n) is 3.87. The van der Waals surface area contributed by atoms with Gasteiger partial charge in [0.2, 0.25) is 0 Å². The van der Waals surface area contributed by atoms with Gasteiger partial charge in [0.25, 0.3) is 0 Å². The van der Waals surface area contributed by atoms with Crippen molar-refractivity contribution in [3.8, 4) is 11.5 Å². The Hall–Kier alpha value is -1.71. The Bertz CT molecular complexity index is 259. The van der Waals surface area contributed by atoms with Crippen LogP contribution in [0.15, 0.2) is 29.3 Å². The molecule has 1 aromatic carbocycles. The van der Waals surface area contributed by atoms with Gasteiger partial charge in [-0.1, -0.05) is 12.1 Å². The van der Waals surface area contributed by atoms with Gasteiger partial charge in [0, 0.05) is 0 Å². The largest absolute Gasteiger partial charge is 0.504 e. The SMILES string of the molecule is C1=NCCO1.Oc1ccccc1O. The number of phenols is 2. The normalized spacial score (nSPS) is 12.9. The summed E-state index contributed by atoms with van der Waals surface area (Å²) in [6, 6.07) is 6.15. The van der Waals surface area contributed by atoms with E-state index in [1.807, 2.05) is 0 Å². The minimum atomic E-state index is -0.0764. The smallest absolute Gasteiger partial charge is 0.169 e. The second kappa shape index (κ2) is 5.03. The molecule has 0 amide bonds. The fraction of sp³-hybridized carbons (Fsp3) is 0.222. The van der Waals surface area contributed by atoms with Gasteiger partial charge >= 0.3 is 0 Å². The number of para-hydroxylation sites is 2. The molecule has 0 aromatic heterocycles. The lowest BCUT2D eigenvalue weighted by Crippen LogP contribution is -1.80. The van der Waals surface area contributed by atoms with Gasteiger partial charge in [-0.25, -0.2) is 0 Å². The zero-order chi connectivity index (χ0) is 9.52. The highest BCUT2D eigenvalue weighted by Crippen LogP contribution is 2.21. The number of hydrogen-bond acceptors (Lipinski definition) is 4. The molecule has 1 aliphatic rings. The summed E-state index contributed by atoms with van der Waals surface area (Å²) in [5, 5.41) is 17.3. The summed E-state index contributed by atoms with van der Waals surface area (Å²) in [6.07, 6.45) is 1.49. The molecule has 0 fully saturated rings. The van der Waals surface area contributed by atoms with Gasteiger partial charge in [0.1, 0.15) is 6.61 Å². The highest BCUT2D eigenvalue weighted by Gasteiger charge is 1.90. The Morgan fingerprint density at radius 1 is 1.15 bits per heavy atom. The Labute approximate surface area is 76.1 Å². The average Bonchev–Trinajstić information content (AvgIpc) is 2.68. The molecule has 0 bridgehead atoms. The molecule has 2 rings (SSSR count). The molecule has 1 aromatic rings. The lowest BCUT2D eigenvalue weighted by Gasteiger charge is -1.91. The first kappa shape index (κ1) is 9.38. The van der Waals surface area contributed by atoms with Crippen molar-refractivity contribution >= 4 is 6.40 Å². The van der Waals surface area contributed by atoms with Crippen molar-refractivity contribution < 1.29 is 14.9 Å². The zero-order valence-corrected chi connectivity index (χ0v) is 7.05. The lowest BCUT2D eigenvalue weighted by molar-refractivity contribution is 0.361. The van der Waals surface area contributed by atoms with Gasteiger partial charge in [-0.15, -0.1) is 0 Å². The second-order valence-electron chi connectivity index (χ2n) is 2.37. The maximum atomic E-state index is 8.67. The standard InChI is InChI=1S/C6H6O2.C3H5NO/c7-5-3-1-2-4-6(5)8;1-2-5-3-4-1/h1-4,7-8H;3H,1-2H2. The number of benzene rings is 1. The highest BCUT2D eigenvalue weighted by molar-refractivity contribution is 5.47. The molecule has 70 valence electrons. The topological polar surface area (TPSA) is 62.0 Å². The van der Waals surface area contributed by atoms with Gasteiger partial charge in [-0.3, -0.25) is 4.99 Å². The molecule has 2 N–H and O–H groups in total. The fourth-order valence-corrected chi connectivity index (χ4v) is 0.728. The third-order valence-corrected chi connectivity index (χ3v) is 1.37. The van der Waals surface area contributed by atoms with Gasteiger partial charge in [-0.2, -0.15) is 0 Å². The van der Waals surface area contributed by atoms with Crippen LogP contribution in [0.5, 0.6) is 11.5 Å². The first-order valence-corrected chi connectivity index (χ1v) is 3.87. The Morgan fingerprint density at radius 2 is 1.77 bits per heavy atom. The molecule has 1 aliphatic heterocycles. The van der Waals surface area contributed by atoms with E-state index in [-0.39, 0.29) is 11.5 Å². The number of hydrogen-bond donors (Lipinski definition) is 2. The van der Waals surface area contributed by atoms with Gasteiger partial charge in [-0.05, 0) is 12.1 Å². The fourth-order valence-electron chi connectivity index (χ4n) is 0.728. The molecule has 1 heterocycles. The van der Waals surface area contributed by atoms with Crippen molar-refractivity contribution in [3.05, 3.63) is 24.3 Å². The van der Waals surface area contributed by atoms with E-state index in [1.54, 1.807) is 12.1 Å². The predicted octanol–water partition coefficient (Wildman–Crippen LogP) is 1.14. The Balaban J connectivity index is 0.000000145. The molecule has 0 radical (unpaired) electrons. The van der Waals surface area contributed by atoms with E-state index in [0.717, 1.165) is 13.2 Å². The van der Waals surface area contributed by atoms with Crippen LogP contribution in [0.25, 0.3) is 0 Å². The van der Waals surface area contributed by atoms with Crippen LogP contribution < -0.4 is 0 Å². The number of phenolic OH excluding ortho intramolecular Hbond substituents is 2. The molecule has 0 saturated carbocycles. The van der Waals surface area contributed by atoms with Crippen molar-refractivity contribution in [2.75, 3.05) is 13.2 Å². The Kier molecular flexibility index (Phi) is 3.63. The molecule has 13 heavy (non-hydrogen) atoms. The summed E-state index contributed by atoms with van der Waals surface area (Å²) in [5.41, 5.74) is 0. The molecule has 4 nitrogen and oxygen atoms in total. The van der Waals surface area contributed by atoms with Crippen LogP contribution in [0.3, 0.4) is 0 Å². The highest BCUT2D eigenvalue weighted by atomic mass is 16.5. The predicted molar refractivity (Wildman–Crippen MR) is 49.1 cm³/mol. The third kappa shape index (κ3) is 3.46. The number of nitrogens with zero attached hydrogens (tertiary/aromatic N) is 1. The summed E-state index contributed by atoms with van der Waals surface area (Å²) < 4.78 is 4.65. The lowest BCUT2D eigenvalue weighted by atomic mass is 10.3. The van der Waals surface area contributed by atoms with Crippen LogP contribution >= 0.6 is 0 Å². The summed E-state index contributed by atoms with van der Waals surface area (Å²) in [5.74, 6) is -0.153. The van der Waals surface area contributed by atoms with E-state index < -0.39 is 0 Å². The number of rotatable bonds is 0. The summed E-state index contributed by atoms with van der Waals surface area (Å²) in [4.78, 5) is 3.74. The molecule has 0 spiro atoms. The van der Waals surface area contributed by atoms with Crippen LogP contribution in [0.4, 0.5) is 0 Å². The number of ether oxygens (including phenoxy) is 1. The summed E-state index contributed by atoms with van der Waals surface area (Å²) in [6.45, 7) is 1.62. The Morgan fingerprint density at radius 3 is 2.00 bits per heavy atom. The second-order valence-corrected chi connectivity index (χ2v) is 2.37. The van der Waals surface area contributed by atoms with Gasteiger partial charge < -0.3 is 14.9 Å². The molecule has 0 unspecified atom stereocenters. The van der Waals surface area contributed by atoms with Crippen molar-refractivity contribution in [2.24, 2.45) is 4.99 Å². The van der Waals surface area contributed by atoms with Crippen LogP contribution in [0.2, 0.25) is 0 Å². The van der Waals surface area contributed by atoms with Crippen LogP contribution in [-0.4, -0.2) is 29.8 Å². The number of aliphatic imine (C=N–C) groups is 1. The monoisotopic (exact) mass is 181 g/mol. The minimum absolute atomic E-state index is 0.0764.